The Balaban J connectivity index is 2.88. The second-order valence-corrected chi connectivity index (χ2v) is 5.99. The monoisotopic (exact) mass is 320 g/mol. The number of carbonyl (C=O) groups is 2. The van der Waals surface area contributed by atoms with Gasteiger partial charge in [0.25, 0.3) is 0 Å². The van der Waals surface area contributed by atoms with E-state index < -0.39 is 0 Å². The van der Waals surface area contributed by atoms with Gasteiger partial charge >= 0.3 is 11.9 Å². The second-order valence-electron chi connectivity index (χ2n) is 5.99. The van der Waals surface area contributed by atoms with Gasteiger partial charge in [-0.1, -0.05) is 37.6 Å². The van der Waals surface area contributed by atoms with Gasteiger partial charge in [0, 0.05) is 0 Å². The van der Waals surface area contributed by atoms with E-state index in [0.29, 0.717) is 26.1 Å². The van der Waals surface area contributed by atoms with Gasteiger partial charge in [0.05, 0.1) is 25.0 Å². The van der Waals surface area contributed by atoms with E-state index in [4.69, 9.17) is 9.47 Å². The van der Waals surface area contributed by atoms with E-state index in [9.17, 15) is 9.59 Å². The fourth-order valence-corrected chi connectivity index (χ4v) is 2.54. The van der Waals surface area contributed by atoms with Gasteiger partial charge in [0.15, 0.2) is 0 Å². The SMILES string of the molecule is CCOC(=O)C(C)Cc1ccc(C)cc1CC(C)C(=O)OCC. The lowest BCUT2D eigenvalue weighted by atomic mass is 9.90. The van der Waals surface area contributed by atoms with Crippen LogP contribution in [0.25, 0.3) is 0 Å². The van der Waals surface area contributed by atoms with E-state index in [-0.39, 0.29) is 23.8 Å². The van der Waals surface area contributed by atoms with Gasteiger partial charge in [-0.2, -0.15) is 0 Å². The minimum absolute atomic E-state index is 0.182. The predicted molar refractivity (Wildman–Crippen MR) is 90.2 cm³/mol. The number of hydrogen-bond donors (Lipinski definition) is 0. The van der Waals surface area contributed by atoms with Crippen molar-refractivity contribution in [3.63, 3.8) is 0 Å². The third-order valence-corrected chi connectivity index (χ3v) is 3.79. The van der Waals surface area contributed by atoms with Crippen molar-refractivity contribution < 1.29 is 19.1 Å². The van der Waals surface area contributed by atoms with Crippen molar-refractivity contribution in [2.24, 2.45) is 11.8 Å². The summed E-state index contributed by atoms with van der Waals surface area (Å²) in [7, 11) is 0. The molecule has 0 fully saturated rings. The first-order valence-electron chi connectivity index (χ1n) is 8.30. The number of benzene rings is 1. The largest absolute Gasteiger partial charge is 0.466 e. The first-order valence-corrected chi connectivity index (χ1v) is 8.30. The molecule has 4 heteroatoms. The lowest BCUT2D eigenvalue weighted by Gasteiger charge is -2.17. The molecule has 128 valence electrons. The summed E-state index contributed by atoms with van der Waals surface area (Å²) in [5, 5.41) is 0. The van der Waals surface area contributed by atoms with Crippen LogP contribution in [0.15, 0.2) is 18.2 Å². The Morgan fingerprint density at radius 3 is 1.87 bits per heavy atom. The highest BCUT2D eigenvalue weighted by atomic mass is 16.5. The Morgan fingerprint density at radius 1 is 0.913 bits per heavy atom. The highest BCUT2D eigenvalue weighted by molar-refractivity contribution is 5.73. The molecule has 0 N–H and O–H groups in total. The highest BCUT2D eigenvalue weighted by Gasteiger charge is 2.20. The molecule has 0 aromatic heterocycles. The molecule has 23 heavy (non-hydrogen) atoms. The maximum Gasteiger partial charge on any atom is 0.308 e. The van der Waals surface area contributed by atoms with E-state index in [0.717, 1.165) is 16.7 Å². The third-order valence-electron chi connectivity index (χ3n) is 3.79. The normalized spacial score (nSPS) is 13.3. The van der Waals surface area contributed by atoms with Crippen LogP contribution in [0, 0.1) is 18.8 Å². The minimum atomic E-state index is -0.201. The van der Waals surface area contributed by atoms with Crippen molar-refractivity contribution in [1.82, 2.24) is 0 Å². The number of carbonyl (C=O) groups excluding carboxylic acids is 2. The summed E-state index contributed by atoms with van der Waals surface area (Å²) >= 11 is 0. The zero-order valence-corrected chi connectivity index (χ0v) is 14.8. The first kappa shape index (κ1) is 19.2. The van der Waals surface area contributed by atoms with Crippen molar-refractivity contribution in [2.75, 3.05) is 13.2 Å². The molecule has 1 aromatic carbocycles. The lowest BCUT2D eigenvalue weighted by molar-refractivity contribution is -0.148. The second kappa shape index (κ2) is 9.33. The Kier molecular flexibility index (Phi) is 7.79. The zero-order valence-electron chi connectivity index (χ0n) is 14.8. The minimum Gasteiger partial charge on any atom is -0.466 e. The molecule has 0 aliphatic heterocycles. The van der Waals surface area contributed by atoms with Crippen molar-refractivity contribution >= 4 is 11.9 Å². The fourth-order valence-electron chi connectivity index (χ4n) is 2.54. The molecule has 0 radical (unpaired) electrons. The van der Waals surface area contributed by atoms with Crippen LogP contribution in [0.1, 0.15) is 44.4 Å². The van der Waals surface area contributed by atoms with Gasteiger partial charge < -0.3 is 9.47 Å². The smallest absolute Gasteiger partial charge is 0.308 e. The van der Waals surface area contributed by atoms with Crippen LogP contribution in [0.2, 0.25) is 0 Å². The Labute approximate surface area is 139 Å². The highest BCUT2D eigenvalue weighted by Crippen LogP contribution is 2.21. The van der Waals surface area contributed by atoms with Gasteiger partial charge in [-0.05, 0) is 44.7 Å². The van der Waals surface area contributed by atoms with Crippen LogP contribution < -0.4 is 0 Å². The topological polar surface area (TPSA) is 52.6 Å². The third kappa shape index (κ3) is 6.05. The molecule has 4 nitrogen and oxygen atoms in total. The Morgan fingerprint density at radius 2 is 1.39 bits per heavy atom. The summed E-state index contributed by atoms with van der Waals surface area (Å²) in [6.07, 6.45) is 1.23. The van der Waals surface area contributed by atoms with Crippen molar-refractivity contribution in [2.45, 2.75) is 47.5 Å². The molecule has 1 aromatic rings. The molecular weight excluding hydrogens is 292 g/mol. The standard InChI is InChI=1S/C19H28O4/c1-6-22-18(20)14(4)11-16-9-8-13(3)10-17(16)12-15(5)19(21)23-7-2/h8-10,14-15H,6-7,11-12H2,1-5H3. The Bertz CT molecular complexity index is 536. The summed E-state index contributed by atoms with van der Waals surface area (Å²) in [5.41, 5.74) is 3.33. The number of rotatable bonds is 8. The maximum absolute atomic E-state index is 11.9. The Hall–Kier alpha value is -1.84. The molecule has 0 bridgehead atoms. The first-order chi connectivity index (χ1) is 10.9. The van der Waals surface area contributed by atoms with Crippen LogP contribution in [-0.2, 0) is 31.9 Å². The molecule has 0 heterocycles. The maximum atomic E-state index is 11.9. The summed E-state index contributed by atoms with van der Waals surface area (Å²) in [6.45, 7) is 10.2. The summed E-state index contributed by atoms with van der Waals surface area (Å²) in [6, 6.07) is 6.16. The van der Waals surface area contributed by atoms with E-state index >= 15 is 0 Å². The van der Waals surface area contributed by atoms with E-state index in [1.165, 1.54) is 0 Å². The van der Waals surface area contributed by atoms with Crippen LogP contribution in [0.3, 0.4) is 0 Å². The predicted octanol–water partition coefficient (Wildman–Crippen LogP) is 3.48. The van der Waals surface area contributed by atoms with Crippen LogP contribution in [-0.4, -0.2) is 25.2 Å². The molecule has 0 saturated heterocycles. The van der Waals surface area contributed by atoms with Crippen LogP contribution >= 0.6 is 0 Å². The molecule has 0 aliphatic rings. The van der Waals surface area contributed by atoms with Gasteiger partial charge in [-0.25, -0.2) is 0 Å². The molecule has 2 atom stereocenters. The summed E-state index contributed by atoms with van der Waals surface area (Å²) in [5.74, 6) is -0.765. The fraction of sp³-hybridized carbons (Fsp3) is 0.579. The van der Waals surface area contributed by atoms with E-state index in [1.807, 2.05) is 46.8 Å². The average molecular weight is 320 g/mol. The van der Waals surface area contributed by atoms with Crippen LogP contribution in [0.4, 0.5) is 0 Å². The zero-order chi connectivity index (χ0) is 17.4. The molecule has 0 aliphatic carbocycles. The van der Waals surface area contributed by atoms with Crippen molar-refractivity contribution in [3.8, 4) is 0 Å². The number of aryl methyl sites for hydroxylation is 1. The molecule has 0 spiro atoms. The van der Waals surface area contributed by atoms with Crippen molar-refractivity contribution in [3.05, 3.63) is 34.9 Å². The molecular formula is C19H28O4. The van der Waals surface area contributed by atoms with E-state index in [2.05, 4.69) is 6.07 Å². The van der Waals surface area contributed by atoms with Gasteiger partial charge in [-0.3, -0.25) is 9.59 Å². The number of hydrogen-bond acceptors (Lipinski definition) is 4. The molecule has 0 amide bonds. The lowest BCUT2D eigenvalue weighted by Crippen LogP contribution is -2.20. The molecule has 1 rings (SSSR count). The summed E-state index contributed by atoms with van der Waals surface area (Å²) < 4.78 is 10.2. The average Bonchev–Trinajstić information content (AvgIpc) is 2.50. The van der Waals surface area contributed by atoms with Gasteiger partial charge in [0.2, 0.25) is 0 Å². The van der Waals surface area contributed by atoms with Crippen molar-refractivity contribution in [1.29, 1.82) is 0 Å². The molecule has 2 unspecified atom stereocenters. The quantitative estimate of drug-likeness (QED) is 0.688. The number of ether oxygens (including phenoxy) is 2. The number of esters is 2. The van der Waals surface area contributed by atoms with Gasteiger partial charge in [0.1, 0.15) is 0 Å². The van der Waals surface area contributed by atoms with E-state index in [1.54, 1.807) is 0 Å². The van der Waals surface area contributed by atoms with Crippen LogP contribution in [0.5, 0.6) is 0 Å². The van der Waals surface area contributed by atoms with Gasteiger partial charge in [-0.15, -0.1) is 0 Å². The molecule has 0 saturated carbocycles. The summed E-state index contributed by atoms with van der Waals surface area (Å²) in [4.78, 5) is 23.7.